The van der Waals surface area contributed by atoms with Crippen molar-refractivity contribution >= 4 is 49.1 Å². The second-order valence-corrected chi connectivity index (χ2v) is 6.06. The molecule has 2 aromatic heterocycles. The van der Waals surface area contributed by atoms with E-state index in [0.29, 0.717) is 19.6 Å². The maximum Gasteiger partial charge on any atom is 0.150 e. The molecule has 2 nitrogen and oxygen atoms in total. The topological polar surface area (TPSA) is 25.8 Å². The number of aromatic nitrogens is 2. The van der Waals surface area contributed by atoms with Gasteiger partial charge in [0.15, 0.2) is 0 Å². The number of rotatable bonds is 1. The van der Waals surface area contributed by atoms with E-state index in [0.717, 1.165) is 11.3 Å². The van der Waals surface area contributed by atoms with Gasteiger partial charge in [0.05, 0.1) is 15.8 Å². The lowest BCUT2D eigenvalue weighted by molar-refractivity contribution is 0.589. The first kappa shape index (κ1) is 12.9. The van der Waals surface area contributed by atoms with Crippen LogP contribution in [-0.2, 0) is 0 Å². The zero-order chi connectivity index (χ0) is 13.6. The van der Waals surface area contributed by atoms with E-state index in [9.17, 15) is 8.78 Å². The monoisotopic (exact) mass is 360 g/mol. The highest BCUT2D eigenvalue weighted by molar-refractivity contribution is 9.10. The molecule has 0 bridgehead atoms. The summed E-state index contributed by atoms with van der Waals surface area (Å²) in [7, 11) is 0. The Kier molecular flexibility index (Phi) is 3.24. The Labute approximate surface area is 124 Å². The van der Waals surface area contributed by atoms with Crippen LogP contribution in [0.2, 0.25) is 5.15 Å². The Bertz CT molecular complexity index is 767. The maximum atomic E-state index is 13.9. The standard InChI is InChI=1S/C12H4BrClF2N2S/c13-5-1-6(15)10(7(16)2-5)9-3-8-11(19-9)12(14)18-4-17-8/h1-4H. The number of halogens is 4. The van der Waals surface area contributed by atoms with Crippen molar-refractivity contribution in [2.45, 2.75) is 0 Å². The third-order valence-corrected chi connectivity index (χ3v) is 4.53. The largest absolute Gasteiger partial charge is 0.235 e. The van der Waals surface area contributed by atoms with Crippen molar-refractivity contribution < 1.29 is 8.78 Å². The van der Waals surface area contributed by atoms with Gasteiger partial charge in [0, 0.05) is 9.35 Å². The second-order valence-electron chi connectivity index (χ2n) is 3.73. The molecule has 0 saturated carbocycles. The first-order chi connectivity index (χ1) is 9.06. The van der Waals surface area contributed by atoms with Crippen LogP contribution >= 0.6 is 38.9 Å². The Hall–Kier alpha value is -1.11. The van der Waals surface area contributed by atoms with Crippen molar-refractivity contribution in [1.82, 2.24) is 9.97 Å². The Morgan fingerprint density at radius 1 is 1.11 bits per heavy atom. The number of fused-ring (bicyclic) bond motifs is 1. The molecule has 19 heavy (non-hydrogen) atoms. The average molecular weight is 362 g/mol. The van der Waals surface area contributed by atoms with Crippen molar-refractivity contribution in [2.24, 2.45) is 0 Å². The molecule has 3 aromatic rings. The Morgan fingerprint density at radius 3 is 2.42 bits per heavy atom. The summed E-state index contributed by atoms with van der Waals surface area (Å²) in [4.78, 5) is 8.30. The van der Waals surface area contributed by atoms with Crippen molar-refractivity contribution in [3.8, 4) is 10.4 Å². The lowest BCUT2D eigenvalue weighted by Gasteiger charge is -2.02. The molecule has 0 amide bonds. The summed E-state index contributed by atoms with van der Waals surface area (Å²) in [6.07, 6.45) is 1.31. The van der Waals surface area contributed by atoms with Crippen LogP contribution in [0, 0.1) is 11.6 Å². The molecule has 1 aromatic carbocycles. The second kappa shape index (κ2) is 4.77. The van der Waals surface area contributed by atoms with Crippen LogP contribution in [0.15, 0.2) is 29.0 Å². The third-order valence-electron chi connectivity index (χ3n) is 2.52. The zero-order valence-electron chi connectivity index (χ0n) is 9.12. The van der Waals surface area contributed by atoms with Gasteiger partial charge in [-0.25, -0.2) is 18.7 Å². The van der Waals surface area contributed by atoms with Crippen LogP contribution in [0.4, 0.5) is 8.78 Å². The highest BCUT2D eigenvalue weighted by atomic mass is 79.9. The van der Waals surface area contributed by atoms with Gasteiger partial charge in [-0.05, 0) is 18.2 Å². The van der Waals surface area contributed by atoms with Gasteiger partial charge in [0.25, 0.3) is 0 Å². The van der Waals surface area contributed by atoms with E-state index >= 15 is 0 Å². The van der Waals surface area contributed by atoms with Gasteiger partial charge in [-0.1, -0.05) is 27.5 Å². The highest BCUT2D eigenvalue weighted by Gasteiger charge is 2.17. The normalized spacial score (nSPS) is 11.2. The molecule has 3 rings (SSSR count). The molecule has 0 saturated heterocycles. The first-order valence-corrected chi connectivity index (χ1v) is 7.10. The number of thiophene rings is 1. The minimum Gasteiger partial charge on any atom is -0.235 e. The minimum absolute atomic E-state index is 0.0812. The van der Waals surface area contributed by atoms with Gasteiger partial charge in [-0.2, -0.15) is 0 Å². The van der Waals surface area contributed by atoms with Crippen LogP contribution in [0.1, 0.15) is 0 Å². The molecule has 7 heteroatoms. The highest BCUT2D eigenvalue weighted by Crippen LogP contribution is 2.38. The van der Waals surface area contributed by atoms with Crippen molar-refractivity contribution in [1.29, 1.82) is 0 Å². The summed E-state index contributed by atoms with van der Waals surface area (Å²) < 4.78 is 28.8. The molecule has 0 atom stereocenters. The predicted molar refractivity (Wildman–Crippen MR) is 75.5 cm³/mol. The van der Waals surface area contributed by atoms with Gasteiger partial charge in [0.1, 0.15) is 23.1 Å². The van der Waals surface area contributed by atoms with Crippen molar-refractivity contribution in [2.75, 3.05) is 0 Å². The van der Waals surface area contributed by atoms with Crippen LogP contribution in [-0.4, -0.2) is 9.97 Å². The van der Waals surface area contributed by atoms with E-state index in [1.54, 1.807) is 6.07 Å². The number of nitrogens with zero attached hydrogens (tertiary/aromatic N) is 2. The predicted octanol–water partition coefficient (Wildman–Crippen LogP) is 5.05. The van der Waals surface area contributed by atoms with E-state index < -0.39 is 11.6 Å². The summed E-state index contributed by atoms with van der Waals surface area (Å²) >= 11 is 10.1. The van der Waals surface area contributed by atoms with E-state index in [-0.39, 0.29) is 10.7 Å². The van der Waals surface area contributed by atoms with Crippen LogP contribution in [0.5, 0.6) is 0 Å². The fraction of sp³-hybridized carbons (Fsp3) is 0. The molecular formula is C12H4BrClF2N2S. The fourth-order valence-electron chi connectivity index (χ4n) is 1.73. The Morgan fingerprint density at radius 2 is 1.79 bits per heavy atom. The molecule has 96 valence electrons. The molecule has 0 aliphatic carbocycles. The van der Waals surface area contributed by atoms with Gasteiger partial charge in [-0.3, -0.25) is 0 Å². The molecular weight excluding hydrogens is 358 g/mol. The SMILES string of the molecule is Fc1cc(Br)cc(F)c1-c1cc2ncnc(Cl)c2s1. The molecule has 0 fully saturated rings. The first-order valence-electron chi connectivity index (χ1n) is 5.11. The van der Waals surface area contributed by atoms with Crippen molar-refractivity contribution in [3.05, 3.63) is 45.8 Å². The van der Waals surface area contributed by atoms with Crippen LogP contribution in [0.25, 0.3) is 20.7 Å². The van der Waals surface area contributed by atoms with E-state index in [1.807, 2.05) is 0 Å². The van der Waals surface area contributed by atoms with Gasteiger partial charge in [0.2, 0.25) is 0 Å². The zero-order valence-corrected chi connectivity index (χ0v) is 12.3. The molecule has 0 N–H and O–H groups in total. The Balaban J connectivity index is 2.28. The van der Waals surface area contributed by atoms with E-state index in [4.69, 9.17) is 11.6 Å². The molecule has 0 aliphatic heterocycles. The summed E-state index contributed by atoms with van der Waals surface area (Å²) in [6.45, 7) is 0. The van der Waals surface area contributed by atoms with Gasteiger partial charge in [-0.15, -0.1) is 11.3 Å². The van der Waals surface area contributed by atoms with Crippen LogP contribution < -0.4 is 0 Å². The lowest BCUT2D eigenvalue weighted by atomic mass is 10.1. The summed E-state index contributed by atoms with van der Waals surface area (Å²) in [5, 5.41) is 0.277. The average Bonchev–Trinajstić information content (AvgIpc) is 2.72. The van der Waals surface area contributed by atoms with Gasteiger partial charge < -0.3 is 0 Å². The minimum atomic E-state index is -0.637. The molecule has 2 heterocycles. The third kappa shape index (κ3) is 2.24. The molecule has 0 aliphatic rings. The van der Waals surface area contributed by atoms with E-state index in [2.05, 4.69) is 25.9 Å². The number of hydrogen-bond donors (Lipinski definition) is 0. The van der Waals surface area contributed by atoms with Crippen LogP contribution in [0.3, 0.4) is 0 Å². The maximum absolute atomic E-state index is 13.9. The van der Waals surface area contributed by atoms with Crippen molar-refractivity contribution in [3.63, 3.8) is 0 Å². The molecule has 0 unspecified atom stereocenters. The molecule has 0 spiro atoms. The lowest BCUT2D eigenvalue weighted by Crippen LogP contribution is -1.88. The number of benzene rings is 1. The number of hydrogen-bond acceptors (Lipinski definition) is 3. The smallest absolute Gasteiger partial charge is 0.150 e. The quantitative estimate of drug-likeness (QED) is 0.567. The molecule has 0 radical (unpaired) electrons. The summed E-state index contributed by atoms with van der Waals surface area (Å²) in [5.41, 5.74) is 0.490. The summed E-state index contributed by atoms with van der Waals surface area (Å²) in [5.74, 6) is -1.27. The van der Waals surface area contributed by atoms with Gasteiger partial charge >= 0.3 is 0 Å². The fourth-order valence-corrected chi connectivity index (χ4v) is 3.43. The van der Waals surface area contributed by atoms with E-state index in [1.165, 1.54) is 18.5 Å². The summed E-state index contributed by atoms with van der Waals surface area (Å²) in [6, 6.07) is 4.04.